The number of hydrogen-bond acceptors (Lipinski definition) is 1. The lowest BCUT2D eigenvalue weighted by Crippen LogP contribution is -2.34. The van der Waals surface area contributed by atoms with Gasteiger partial charge in [0, 0.05) is 12.0 Å². The Balaban J connectivity index is 1.80. The Morgan fingerprint density at radius 2 is 1.92 bits per heavy atom. The smallest absolute Gasteiger partial charge is 0.223 e. The van der Waals surface area contributed by atoms with Crippen molar-refractivity contribution < 1.29 is 4.79 Å². The molecule has 1 atom stereocenters. The molecule has 1 amide bonds. The van der Waals surface area contributed by atoms with Gasteiger partial charge < -0.3 is 5.32 Å². The summed E-state index contributed by atoms with van der Waals surface area (Å²) in [5, 5.41) is 3.09. The maximum atomic E-state index is 11.6. The van der Waals surface area contributed by atoms with E-state index >= 15 is 0 Å². The van der Waals surface area contributed by atoms with Gasteiger partial charge in [0.2, 0.25) is 5.91 Å². The van der Waals surface area contributed by atoms with Crippen LogP contribution in [0, 0.1) is 11.3 Å². The number of carbonyl (C=O) groups excluding carboxylic acids is 1. The van der Waals surface area contributed by atoms with Gasteiger partial charge in [0.1, 0.15) is 0 Å². The van der Waals surface area contributed by atoms with E-state index in [1.807, 2.05) is 0 Å². The summed E-state index contributed by atoms with van der Waals surface area (Å²) in [6, 6.07) is 0.379. The average molecular weight is 179 g/mol. The third-order valence-electron chi connectivity index (χ3n) is 3.18. The number of carbonyl (C=O) groups is 1. The first-order valence-corrected chi connectivity index (χ1v) is 5.05. The Morgan fingerprint density at radius 3 is 2.38 bits per heavy atom. The fourth-order valence-electron chi connectivity index (χ4n) is 1.95. The predicted molar refractivity (Wildman–Crippen MR) is 52.2 cm³/mol. The molecule has 0 aromatic rings. The minimum atomic E-state index is 0.260. The van der Waals surface area contributed by atoms with Crippen LogP contribution < -0.4 is 5.32 Å². The van der Waals surface area contributed by atoms with E-state index in [1.165, 1.54) is 0 Å². The molecule has 2 aliphatic carbocycles. The third-order valence-corrected chi connectivity index (χ3v) is 3.18. The van der Waals surface area contributed by atoms with Crippen molar-refractivity contribution in [3.63, 3.8) is 0 Å². The summed E-state index contributed by atoms with van der Waals surface area (Å²) < 4.78 is 0. The zero-order chi connectivity index (χ0) is 9.47. The van der Waals surface area contributed by atoms with Crippen molar-refractivity contribution in [3.8, 4) is 0 Å². The molecule has 0 aromatic heterocycles. The van der Waals surface area contributed by atoms with Gasteiger partial charge in [-0.15, -0.1) is 0 Å². The molecule has 2 rings (SSSR count). The molecule has 0 unspecified atom stereocenters. The van der Waals surface area contributed by atoms with Gasteiger partial charge >= 0.3 is 0 Å². The lowest BCUT2D eigenvalue weighted by molar-refractivity contribution is -0.123. The van der Waals surface area contributed by atoms with Crippen molar-refractivity contribution in [2.45, 2.75) is 39.2 Å². The van der Waals surface area contributed by atoms with Crippen molar-refractivity contribution in [1.29, 1.82) is 0 Å². The zero-order valence-corrected chi connectivity index (χ0v) is 8.34. The second-order valence-electron chi connectivity index (χ2n) is 4.89. The van der Waals surface area contributed by atoms with E-state index in [1.54, 1.807) is 0 Å². The normalized spacial score (nSPS) is 30.5. The lowest BCUT2D eigenvalue weighted by Gasteiger charge is -2.12. The quantitative estimate of drug-likeness (QED) is 0.644. The highest BCUT2D eigenvalue weighted by Crippen LogP contribution is 2.51. The molecule has 72 valence electrons. The number of hydrogen-bond donors (Lipinski definition) is 1. The fourth-order valence-corrected chi connectivity index (χ4v) is 1.95. The van der Waals surface area contributed by atoms with Crippen LogP contribution in [0.5, 0.6) is 0 Å². The van der Waals surface area contributed by atoms with Crippen molar-refractivity contribution in [1.82, 2.24) is 5.32 Å². The molecular weight excluding hydrogens is 162 g/mol. The molecule has 0 aromatic carbocycles. The molecule has 0 spiro atoms. The highest BCUT2D eigenvalue weighted by atomic mass is 16.2. The minimum Gasteiger partial charge on any atom is -0.352 e. The monoisotopic (exact) mass is 179 g/mol. The SMILES string of the molecule is CC1(C)C[C@@H]1C(=O)NC1CC=CC1. The molecule has 1 saturated carbocycles. The summed E-state index contributed by atoms with van der Waals surface area (Å²) in [5.74, 6) is 0.534. The van der Waals surface area contributed by atoms with Crippen LogP contribution in [0.1, 0.15) is 33.1 Å². The van der Waals surface area contributed by atoms with Crippen LogP contribution in [-0.2, 0) is 4.79 Å². The highest BCUT2D eigenvalue weighted by Gasteiger charge is 2.50. The Labute approximate surface area is 79.4 Å². The third kappa shape index (κ3) is 1.77. The maximum absolute atomic E-state index is 11.6. The van der Waals surface area contributed by atoms with Gasteiger partial charge in [0.05, 0.1) is 0 Å². The minimum absolute atomic E-state index is 0.260. The fraction of sp³-hybridized carbons (Fsp3) is 0.727. The molecule has 1 N–H and O–H groups in total. The van der Waals surface area contributed by atoms with E-state index < -0.39 is 0 Å². The summed E-state index contributed by atoms with van der Waals surface area (Å²) >= 11 is 0. The maximum Gasteiger partial charge on any atom is 0.223 e. The molecule has 2 heteroatoms. The Kier molecular flexibility index (Phi) is 1.94. The first-order valence-electron chi connectivity index (χ1n) is 5.05. The predicted octanol–water partition coefficient (Wildman–Crippen LogP) is 1.87. The van der Waals surface area contributed by atoms with Gasteiger partial charge in [-0.1, -0.05) is 26.0 Å². The van der Waals surface area contributed by atoms with Crippen LogP contribution in [-0.4, -0.2) is 11.9 Å². The summed E-state index contributed by atoms with van der Waals surface area (Å²) in [5.41, 5.74) is 0.260. The average Bonchev–Trinajstić information content (AvgIpc) is 2.49. The lowest BCUT2D eigenvalue weighted by atomic mass is 10.1. The molecule has 0 aliphatic heterocycles. The second-order valence-corrected chi connectivity index (χ2v) is 4.89. The topological polar surface area (TPSA) is 29.1 Å². The van der Waals surface area contributed by atoms with Crippen molar-refractivity contribution in [2.24, 2.45) is 11.3 Å². The Bertz CT molecular complexity index is 247. The first-order chi connectivity index (χ1) is 6.09. The second kappa shape index (κ2) is 2.86. The van der Waals surface area contributed by atoms with E-state index in [0.717, 1.165) is 19.3 Å². The van der Waals surface area contributed by atoms with Crippen molar-refractivity contribution in [2.75, 3.05) is 0 Å². The van der Waals surface area contributed by atoms with Gasteiger partial charge in [0.15, 0.2) is 0 Å². The van der Waals surface area contributed by atoms with E-state index in [2.05, 4.69) is 31.3 Å². The molecule has 2 nitrogen and oxygen atoms in total. The Hall–Kier alpha value is -0.790. The summed E-state index contributed by atoms with van der Waals surface area (Å²) in [6.45, 7) is 4.31. The van der Waals surface area contributed by atoms with E-state index in [4.69, 9.17) is 0 Å². The van der Waals surface area contributed by atoms with Crippen molar-refractivity contribution >= 4 is 5.91 Å². The molecule has 2 aliphatic rings. The van der Waals surface area contributed by atoms with Gasteiger partial charge in [-0.3, -0.25) is 4.79 Å². The number of rotatable bonds is 2. The van der Waals surface area contributed by atoms with Crippen LogP contribution in [0.4, 0.5) is 0 Å². The van der Waals surface area contributed by atoms with Gasteiger partial charge in [-0.2, -0.15) is 0 Å². The van der Waals surface area contributed by atoms with E-state index in [0.29, 0.717) is 6.04 Å². The van der Waals surface area contributed by atoms with Gasteiger partial charge in [0.25, 0.3) is 0 Å². The largest absolute Gasteiger partial charge is 0.352 e. The molecular formula is C11H17NO. The molecule has 13 heavy (non-hydrogen) atoms. The summed E-state index contributed by atoms with van der Waals surface area (Å²) in [6.07, 6.45) is 7.36. The molecule has 1 fully saturated rings. The van der Waals surface area contributed by atoms with Crippen LogP contribution in [0.15, 0.2) is 12.2 Å². The highest BCUT2D eigenvalue weighted by molar-refractivity contribution is 5.82. The Morgan fingerprint density at radius 1 is 1.38 bits per heavy atom. The van der Waals surface area contributed by atoms with Crippen LogP contribution in [0.2, 0.25) is 0 Å². The molecule has 0 heterocycles. The zero-order valence-electron chi connectivity index (χ0n) is 8.34. The van der Waals surface area contributed by atoms with Crippen molar-refractivity contribution in [3.05, 3.63) is 12.2 Å². The number of nitrogens with one attached hydrogen (secondary N) is 1. The van der Waals surface area contributed by atoms with Gasteiger partial charge in [-0.25, -0.2) is 0 Å². The summed E-state index contributed by atoms with van der Waals surface area (Å²) in [4.78, 5) is 11.6. The summed E-state index contributed by atoms with van der Waals surface area (Å²) in [7, 11) is 0. The van der Waals surface area contributed by atoms with E-state index in [9.17, 15) is 4.79 Å². The van der Waals surface area contributed by atoms with E-state index in [-0.39, 0.29) is 17.2 Å². The van der Waals surface area contributed by atoms with Crippen LogP contribution >= 0.6 is 0 Å². The first kappa shape index (κ1) is 8.79. The van der Waals surface area contributed by atoms with Crippen LogP contribution in [0.25, 0.3) is 0 Å². The molecule has 0 saturated heterocycles. The number of amides is 1. The standard InChI is InChI=1S/C11H17NO/c1-11(2)7-9(11)10(13)12-8-5-3-4-6-8/h3-4,8-9H,5-7H2,1-2H3,(H,12,13)/t9-/m1/s1. The van der Waals surface area contributed by atoms with Gasteiger partial charge in [-0.05, 0) is 24.7 Å². The molecule has 0 radical (unpaired) electrons. The van der Waals surface area contributed by atoms with Crippen LogP contribution in [0.3, 0.4) is 0 Å². The molecule has 0 bridgehead atoms.